The zero-order chi connectivity index (χ0) is 23.0. The molecule has 0 spiro atoms. The molecule has 2 aliphatic heterocycles. The second kappa shape index (κ2) is 8.73. The molecule has 2 amide bonds. The van der Waals surface area contributed by atoms with Crippen molar-refractivity contribution >= 4 is 54.2 Å². The Labute approximate surface area is 195 Å². The van der Waals surface area contributed by atoms with E-state index in [0.717, 1.165) is 12.8 Å². The van der Waals surface area contributed by atoms with Crippen LogP contribution in [-0.4, -0.2) is 55.8 Å². The van der Waals surface area contributed by atoms with Gasteiger partial charge in [0, 0.05) is 26.1 Å². The molecule has 1 aromatic heterocycles. The molecule has 2 aromatic carbocycles. The Morgan fingerprint density at radius 3 is 2.76 bits per heavy atom. The summed E-state index contributed by atoms with van der Waals surface area (Å²) < 4.78 is 33.2. The van der Waals surface area contributed by atoms with E-state index in [1.165, 1.54) is 15.6 Å². The van der Waals surface area contributed by atoms with Crippen molar-refractivity contribution in [2.75, 3.05) is 36.5 Å². The van der Waals surface area contributed by atoms with E-state index in [1.807, 2.05) is 12.1 Å². The molecule has 0 saturated carbocycles. The highest BCUT2D eigenvalue weighted by molar-refractivity contribution is 7.89. The fourth-order valence-electron chi connectivity index (χ4n) is 3.99. The monoisotopic (exact) mass is 486 g/mol. The molecule has 2 aliphatic rings. The number of fused-ring (bicyclic) bond motifs is 2. The average Bonchev–Trinajstić information content (AvgIpc) is 3.48. The summed E-state index contributed by atoms with van der Waals surface area (Å²) in [6, 6.07) is 12.0. The second-order valence-corrected chi connectivity index (χ2v) is 10.8. The van der Waals surface area contributed by atoms with E-state index >= 15 is 0 Å². The number of thiazole rings is 1. The first-order chi connectivity index (χ1) is 15.9. The van der Waals surface area contributed by atoms with Crippen LogP contribution in [0.2, 0.25) is 0 Å². The van der Waals surface area contributed by atoms with Crippen LogP contribution in [0, 0.1) is 0 Å². The Hall–Kier alpha value is -3.02. The van der Waals surface area contributed by atoms with Gasteiger partial charge in [0.1, 0.15) is 5.75 Å². The van der Waals surface area contributed by atoms with E-state index in [-0.39, 0.29) is 36.3 Å². The number of carbonyl (C=O) groups is 2. The Morgan fingerprint density at radius 1 is 1.15 bits per heavy atom. The van der Waals surface area contributed by atoms with Gasteiger partial charge in [0.15, 0.2) is 11.7 Å². The van der Waals surface area contributed by atoms with E-state index in [1.54, 1.807) is 35.2 Å². The lowest BCUT2D eigenvalue weighted by Crippen LogP contribution is -2.40. The summed E-state index contributed by atoms with van der Waals surface area (Å²) in [5.74, 6) is 0.132. The number of benzene rings is 2. The zero-order valence-electron chi connectivity index (χ0n) is 17.7. The quantitative estimate of drug-likeness (QED) is 0.574. The number of sulfonamides is 1. The molecule has 172 valence electrons. The number of hydrogen-bond donors (Lipinski definition) is 1. The highest BCUT2D eigenvalue weighted by Crippen LogP contribution is 2.32. The topological polar surface area (TPSA) is 109 Å². The fourth-order valence-corrected chi connectivity index (χ4v) is 6.53. The van der Waals surface area contributed by atoms with Crippen LogP contribution in [0.4, 0.5) is 10.8 Å². The number of carbonyl (C=O) groups excluding carboxylic acids is 2. The van der Waals surface area contributed by atoms with Crippen molar-refractivity contribution in [2.24, 2.45) is 0 Å². The number of hydrogen-bond acceptors (Lipinski definition) is 7. The number of para-hydroxylation sites is 2. The summed E-state index contributed by atoms with van der Waals surface area (Å²) >= 11 is 1.22. The molecule has 5 rings (SSSR count). The molecule has 3 heterocycles. The van der Waals surface area contributed by atoms with E-state index in [0.29, 0.717) is 39.9 Å². The molecule has 0 radical (unpaired) electrons. The molecule has 33 heavy (non-hydrogen) atoms. The first-order valence-electron chi connectivity index (χ1n) is 10.6. The standard InChI is InChI=1S/C22H22N4O5S2/c27-20(9-12-26-17-5-1-2-6-18(17)31-14-21(26)28)24-22-23-16-8-7-15(13-19(16)32-22)33(29,30)25-10-3-4-11-25/h1-2,5-8,13H,3-4,9-12,14H2,(H,23,24,27). The molecule has 1 fully saturated rings. The number of nitrogens with one attached hydrogen (secondary N) is 1. The van der Waals surface area contributed by atoms with Crippen molar-refractivity contribution in [1.29, 1.82) is 0 Å². The minimum Gasteiger partial charge on any atom is -0.482 e. The third-order valence-electron chi connectivity index (χ3n) is 5.68. The maximum absolute atomic E-state index is 12.8. The molecule has 1 N–H and O–H groups in total. The summed E-state index contributed by atoms with van der Waals surface area (Å²) in [7, 11) is -3.52. The van der Waals surface area contributed by atoms with Crippen LogP contribution in [0.1, 0.15) is 19.3 Å². The van der Waals surface area contributed by atoms with Gasteiger partial charge in [0.2, 0.25) is 15.9 Å². The summed E-state index contributed by atoms with van der Waals surface area (Å²) in [5, 5.41) is 3.15. The smallest absolute Gasteiger partial charge is 0.265 e. The normalized spacial score (nSPS) is 16.6. The summed E-state index contributed by atoms with van der Waals surface area (Å²) in [6.45, 7) is 1.24. The molecule has 0 atom stereocenters. The van der Waals surface area contributed by atoms with Crippen molar-refractivity contribution in [2.45, 2.75) is 24.2 Å². The Morgan fingerprint density at radius 2 is 1.94 bits per heavy atom. The van der Waals surface area contributed by atoms with Gasteiger partial charge in [-0.1, -0.05) is 23.5 Å². The lowest BCUT2D eigenvalue weighted by Gasteiger charge is -2.29. The van der Waals surface area contributed by atoms with Gasteiger partial charge < -0.3 is 15.0 Å². The molecule has 11 heteroatoms. The van der Waals surface area contributed by atoms with Crippen molar-refractivity contribution in [3.63, 3.8) is 0 Å². The Kier molecular flexibility index (Phi) is 5.77. The Balaban J connectivity index is 1.27. The molecular weight excluding hydrogens is 464 g/mol. The van der Waals surface area contributed by atoms with Crippen molar-refractivity contribution < 1.29 is 22.7 Å². The second-order valence-electron chi connectivity index (χ2n) is 7.86. The van der Waals surface area contributed by atoms with Gasteiger partial charge in [0.05, 0.1) is 20.8 Å². The Bertz CT molecular complexity index is 1330. The number of ether oxygens (including phenoxy) is 1. The number of amides is 2. The predicted octanol–water partition coefficient (Wildman–Crippen LogP) is 2.84. The number of rotatable bonds is 6. The third kappa shape index (κ3) is 4.31. The predicted molar refractivity (Wildman–Crippen MR) is 125 cm³/mol. The van der Waals surface area contributed by atoms with Gasteiger partial charge in [-0.2, -0.15) is 4.31 Å². The lowest BCUT2D eigenvalue weighted by atomic mass is 10.2. The molecule has 0 bridgehead atoms. The molecule has 1 saturated heterocycles. The van der Waals surface area contributed by atoms with E-state index < -0.39 is 10.0 Å². The maximum atomic E-state index is 12.8. The first kappa shape index (κ1) is 21.8. The van der Waals surface area contributed by atoms with Crippen molar-refractivity contribution in [1.82, 2.24) is 9.29 Å². The van der Waals surface area contributed by atoms with Crippen LogP contribution in [0.3, 0.4) is 0 Å². The molecule has 0 aliphatic carbocycles. The van der Waals surface area contributed by atoms with Gasteiger partial charge in [-0.05, 0) is 43.2 Å². The van der Waals surface area contributed by atoms with Crippen molar-refractivity contribution in [3.8, 4) is 5.75 Å². The van der Waals surface area contributed by atoms with Crippen LogP contribution in [0.25, 0.3) is 10.2 Å². The average molecular weight is 487 g/mol. The largest absolute Gasteiger partial charge is 0.482 e. The van der Waals surface area contributed by atoms with Crippen LogP contribution in [0.15, 0.2) is 47.4 Å². The van der Waals surface area contributed by atoms with Gasteiger partial charge >= 0.3 is 0 Å². The molecule has 0 unspecified atom stereocenters. The minimum atomic E-state index is -3.52. The summed E-state index contributed by atoms with van der Waals surface area (Å²) in [4.78, 5) is 31.0. The van der Waals surface area contributed by atoms with Crippen molar-refractivity contribution in [3.05, 3.63) is 42.5 Å². The number of anilines is 2. The first-order valence-corrected chi connectivity index (χ1v) is 12.9. The number of aromatic nitrogens is 1. The zero-order valence-corrected chi connectivity index (χ0v) is 19.3. The third-order valence-corrected chi connectivity index (χ3v) is 8.51. The lowest BCUT2D eigenvalue weighted by molar-refractivity contribution is -0.121. The van der Waals surface area contributed by atoms with Crippen LogP contribution >= 0.6 is 11.3 Å². The minimum absolute atomic E-state index is 0.0564. The van der Waals surface area contributed by atoms with Gasteiger partial charge in [-0.15, -0.1) is 0 Å². The van der Waals surface area contributed by atoms with Crippen LogP contribution in [0.5, 0.6) is 5.75 Å². The molecule has 3 aromatic rings. The summed E-state index contributed by atoms with van der Waals surface area (Å²) in [6.07, 6.45) is 1.84. The maximum Gasteiger partial charge on any atom is 0.265 e. The highest BCUT2D eigenvalue weighted by atomic mass is 32.2. The van der Waals surface area contributed by atoms with E-state index in [4.69, 9.17) is 4.74 Å². The fraction of sp³-hybridized carbons (Fsp3) is 0.318. The van der Waals surface area contributed by atoms with E-state index in [2.05, 4.69) is 10.3 Å². The summed E-state index contributed by atoms with van der Waals surface area (Å²) in [5.41, 5.74) is 1.27. The van der Waals surface area contributed by atoms with Crippen LogP contribution < -0.4 is 15.0 Å². The molecular formula is C22H22N4O5S2. The molecule has 9 nitrogen and oxygen atoms in total. The van der Waals surface area contributed by atoms with Gasteiger partial charge in [0.25, 0.3) is 5.91 Å². The van der Waals surface area contributed by atoms with Gasteiger partial charge in [-0.25, -0.2) is 13.4 Å². The van der Waals surface area contributed by atoms with E-state index in [9.17, 15) is 18.0 Å². The van der Waals surface area contributed by atoms with Crippen LogP contribution in [-0.2, 0) is 19.6 Å². The highest BCUT2D eigenvalue weighted by Gasteiger charge is 2.28. The van der Waals surface area contributed by atoms with Gasteiger partial charge in [-0.3, -0.25) is 9.59 Å². The number of nitrogens with zero attached hydrogens (tertiary/aromatic N) is 3. The SMILES string of the molecule is O=C(CCN1C(=O)COc2ccccc21)Nc1nc2ccc(S(=O)(=O)N3CCCC3)cc2s1.